The van der Waals surface area contributed by atoms with E-state index in [4.69, 9.17) is 0 Å². The Morgan fingerprint density at radius 2 is 2.21 bits per heavy atom. The largest absolute Gasteiger partial charge is 0.303 e. The molecule has 0 saturated heterocycles. The Kier molecular flexibility index (Phi) is 4.89. The van der Waals surface area contributed by atoms with E-state index in [-0.39, 0.29) is 5.78 Å². The molecule has 4 nitrogen and oxygen atoms in total. The van der Waals surface area contributed by atoms with Gasteiger partial charge in [-0.15, -0.1) is 32.9 Å². The van der Waals surface area contributed by atoms with Crippen molar-refractivity contribution in [2.24, 2.45) is 0 Å². The van der Waals surface area contributed by atoms with Gasteiger partial charge in [-0.2, -0.15) is 0 Å². The second-order valence-electron chi connectivity index (χ2n) is 5.57. The second kappa shape index (κ2) is 7.11. The number of carbonyl (C=O) groups excluding carboxylic acids is 1. The lowest BCUT2D eigenvalue weighted by molar-refractivity contribution is 0.102. The maximum atomic E-state index is 12.3. The number of rotatable bonds is 7. The van der Waals surface area contributed by atoms with Crippen molar-refractivity contribution in [1.82, 2.24) is 14.8 Å². The zero-order valence-electron chi connectivity index (χ0n) is 12.6. The van der Waals surface area contributed by atoms with Gasteiger partial charge in [0.15, 0.2) is 10.9 Å². The maximum Gasteiger partial charge on any atom is 0.191 e. The third-order valence-corrected chi connectivity index (χ3v) is 7.22. The molecule has 1 saturated carbocycles. The minimum Gasteiger partial charge on any atom is -0.303 e. The molecule has 124 valence electrons. The lowest BCUT2D eigenvalue weighted by Crippen LogP contribution is -2.05. The van der Waals surface area contributed by atoms with Crippen LogP contribution in [0.2, 0.25) is 0 Å². The number of aromatic nitrogens is 3. The molecule has 0 amide bonds. The van der Waals surface area contributed by atoms with Gasteiger partial charge >= 0.3 is 0 Å². The summed E-state index contributed by atoms with van der Waals surface area (Å²) in [6, 6.07) is 8.47. The van der Waals surface area contributed by atoms with Crippen LogP contribution in [-0.4, -0.2) is 26.3 Å². The average molecular weight is 440 g/mol. The number of halogens is 1. The van der Waals surface area contributed by atoms with Gasteiger partial charge in [-0.05, 0) is 52.4 Å². The highest BCUT2D eigenvalue weighted by Gasteiger charge is 2.30. The number of carbonyl (C=O) groups is 1. The van der Waals surface area contributed by atoms with Crippen LogP contribution in [-0.2, 0) is 6.42 Å². The molecule has 0 unspecified atom stereocenters. The van der Waals surface area contributed by atoms with E-state index in [1.807, 2.05) is 12.1 Å². The number of hydrogen-bond donors (Lipinski definition) is 0. The molecular weight excluding hydrogens is 426 g/mol. The molecule has 0 spiro atoms. The van der Waals surface area contributed by atoms with E-state index >= 15 is 0 Å². The van der Waals surface area contributed by atoms with Gasteiger partial charge in [0.1, 0.15) is 5.82 Å². The van der Waals surface area contributed by atoms with Crippen LogP contribution in [0, 0.1) is 0 Å². The third-order valence-electron chi connectivity index (χ3n) is 3.74. The van der Waals surface area contributed by atoms with E-state index in [0.29, 0.717) is 11.8 Å². The summed E-state index contributed by atoms with van der Waals surface area (Å²) >= 11 is 8.11. The Hall–Kier alpha value is -0.960. The molecule has 3 heterocycles. The SMILES string of the molecule is O=C(CSc1nnc(Cc2cccs2)n1C1CC1)c1ccc(Br)s1. The first-order valence-corrected chi connectivity index (χ1v) is 11.1. The van der Waals surface area contributed by atoms with E-state index in [1.54, 1.807) is 11.3 Å². The molecule has 3 aromatic rings. The molecule has 0 aromatic carbocycles. The minimum atomic E-state index is 0.140. The molecule has 8 heteroatoms. The van der Waals surface area contributed by atoms with Crippen molar-refractivity contribution in [2.75, 3.05) is 5.75 Å². The first-order valence-electron chi connectivity index (χ1n) is 7.58. The molecule has 0 aliphatic heterocycles. The number of hydrogen-bond acceptors (Lipinski definition) is 6. The highest BCUT2D eigenvalue weighted by Crippen LogP contribution is 2.39. The zero-order valence-corrected chi connectivity index (χ0v) is 16.7. The van der Waals surface area contributed by atoms with Crippen molar-refractivity contribution in [3.8, 4) is 0 Å². The van der Waals surface area contributed by atoms with E-state index in [2.05, 4.69) is 48.2 Å². The lowest BCUT2D eigenvalue weighted by atomic mass is 10.3. The quantitative estimate of drug-likeness (QED) is 0.381. The van der Waals surface area contributed by atoms with Crippen LogP contribution in [0.15, 0.2) is 38.6 Å². The molecular formula is C16H14BrN3OS3. The van der Waals surface area contributed by atoms with Crippen LogP contribution in [0.5, 0.6) is 0 Å². The summed E-state index contributed by atoms with van der Waals surface area (Å²) in [6.45, 7) is 0. The normalized spacial score (nSPS) is 14.2. The van der Waals surface area contributed by atoms with Crippen LogP contribution in [0.3, 0.4) is 0 Å². The molecule has 1 aliphatic rings. The van der Waals surface area contributed by atoms with Crippen LogP contribution in [0.25, 0.3) is 0 Å². The Bertz CT molecular complexity index is 852. The minimum absolute atomic E-state index is 0.140. The Morgan fingerprint density at radius 1 is 1.33 bits per heavy atom. The third kappa shape index (κ3) is 3.66. The maximum absolute atomic E-state index is 12.3. The number of Topliss-reactive ketones (excluding diaryl/α,β-unsaturated/α-hetero) is 1. The monoisotopic (exact) mass is 439 g/mol. The van der Waals surface area contributed by atoms with Crippen molar-refractivity contribution in [3.63, 3.8) is 0 Å². The molecule has 0 N–H and O–H groups in total. The van der Waals surface area contributed by atoms with Crippen molar-refractivity contribution < 1.29 is 4.79 Å². The van der Waals surface area contributed by atoms with Gasteiger partial charge in [0.05, 0.1) is 14.4 Å². The average Bonchev–Trinajstić information content (AvgIpc) is 2.98. The summed E-state index contributed by atoms with van der Waals surface area (Å²) in [4.78, 5) is 14.4. The Morgan fingerprint density at radius 3 is 2.88 bits per heavy atom. The summed E-state index contributed by atoms with van der Waals surface area (Å²) in [7, 11) is 0. The van der Waals surface area contributed by atoms with E-state index in [1.165, 1.54) is 40.8 Å². The van der Waals surface area contributed by atoms with Crippen molar-refractivity contribution in [2.45, 2.75) is 30.5 Å². The first kappa shape index (κ1) is 16.5. The molecule has 0 bridgehead atoms. The van der Waals surface area contributed by atoms with Gasteiger partial charge in [-0.3, -0.25) is 4.79 Å². The fraction of sp³-hybridized carbons (Fsp3) is 0.312. The van der Waals surface area contributed by atoms with E-state index in [0.717, 1.165) is 26.1 Å². The van der Waals surface area contributed by atoms with Crippen molar-refractivity contribution in [3.05, 3.63) is 49.0 Å². The van der Waals surface area contributed by atoms with Gasteiger partial charge in [0.25, 0.3) is 0 Å². The second-order valence-corrected chi connectivity index (χ2v) is 10.0. The van der Waals surface area contributed by atoms with Crippen LogP contribution in [0.4, 0.5) is 0 Å². The standard InChI is InChI=1S/C16H14BrN3OS3/c17-14-6-5-13(24-14)12(21)9-23-16-19-18-15(20(16)10-3-4-10)8-11-2-1-7-22-11/h1-2,5-7,10H,3-4,8-9H2. The molecule has 4 rings (SSSR count). The smallest absolute Gasteiger partial charge is 0.191 e. The van der Waals surface area contributed by atoms with Crippen LogP contribution >= 0.6 is 50.4 Å². The van der Waals surface area contributed by atoms with Crippen LogP contribution in [0.1, 0.15) is 39.3 Å². The summed E-state index contributed by atoms with van der Waals surface area (Å²) in [5.74, 6) is 1.55. The van der Waals surface area contributed by atoms with Gasteiger partial charge < -0.3 is 4.57 Å². The molecule has 0 radical (unpaired) electrons. The van der Waals surface area contributed by atoms with Gasteiger partial charge in [0.2, 0.25) is 0 Å². The molecule has 24 heavy (non-hydrogen) atoms. The van der Waals surface area contributed by atoms with Gasteiger partial charge in [-0.25, -0.2) is 0 Å². The molecule has 1 fully saturated rings. The van der Waals surface area contributed by atoms with Crippen LogP contribution < -0.4 is 0 Å². The fourth-order valence-corrected chi connectivity index (χ4v) is 5.48. The first-order chi connectivity index (χ1) is 11.7. The molecule has 0 atom stereocenters. The van der Waals surface area contributed by atoms with Gasteiger partial charge in [0, 0.05) is 17.3 Å². The predicted molar refractivity (Wildman–Crippen MR) is 102 cm³/mol. The predicted octanol–water partition coefficient (Wildman–Crippen LogP) is 5.06. The zero-order chi connectivity index (χ0) is 16.5. The lowest BCUT2D eigenvalue weighted by Gasteiger charge is -2.07. The summed E-state index contributed by atoms with van der Waals surface area (Å²) < 4.78 is 3.22. The highest BCUT2D eigenvalue weighted by atomic mass is 79.9. The van der Waals surface area contributed by atoms with Crippen molar-refractivity contribution in [1.29, 1.82) is 0 Å². The highest BCUT2D eigenvalue weighted by molar-refractivity contribution is 9.11. The summed E-state index contributed by atoms with van der Waals surface area (Å²) in [5, 5.41) is 11.7. The number of thiophene rings is 2. The van der Waals surface area contributed by atoms with E-state index in [9.17, 15) is 4.79 Å². The Labute approximate surface area is 160 Å². The number of nitrogens with zero attached hydrogens (tertiary/aromatic N) is 3. The number of ketones is 1. The molecule has 1 aliphatic carbocycles. The molecule has 3 aromatic heterocycles. The Balaban J connectivity index is 1.49. The topological polar surface area (TPSA) is 47.8 Å². The van der Waals surface area contributed by atoms with E-state index < -0.39 is 0 Å². The number of thioether (sulfide) groups is 1. The summed E-state index contributed by atoms with van der Waals surface area (Å²) in [5.41, 5.74) is 0. The van der Waals surface area contributed by atoms with Gasteiger partial charge in [-0.1, -0.05) is 17.8 Å². The van der Waals surface area contributed by atoms with Crippen molar-refractivity contribution >= 4 is 56.1 Å². The summed E-state index contributed by atoms with van der Waals surface area (Å²) in [6.07, 6.45) is 3.16. The fourth-order valence-electron chi connectivity index (χ4n) is 2.46.